The molecule has 0 fully saturated rings. The fraction of sp³-hybridized carbons (Fsp3) is 0.176. The van der Waals surface area contributed by atoms with E-state index in [0.717, 1.165) is 29.1 Å². The second-order valence-corrected chi connectivity index (χ2v) is 4.38. The molecule has 0 aromatic heterocycles. The van der Waals surface area contributed by atoms with Crippen molar-refractivity contribution in [2.45, 2.75) is 13.5 Å². The third-order valence-electron chi connectivity index (χ3n) is 2.99. The highest BCUT2D eigenvalue weighted by molar-refractivity contribution is 5.50. The van der Waals surface area contributed by atoms with Gasteiger partial charge < -0.3 is 10.1 Å². The minimum absolute atomic E-state index is 0.763. The van der Waals surface area contributed by atoms with Crippen LogP contribution < -0.4 is 10.1 Å². The summed E-state index contributed by atoms with van der Waals surface area (Å²) in [7, 11) is 1.69. The van der Waals surface area contributed by atoms with Crippen LogP contribution in [0.1, 0.15) is 16.7 Å². The number of terminal acetylenes is 1. The van der Waals surface area contributed by atoms with Crippen molar-refractivity contribution in [2.24, 2.45) is 0 Å². The molecule has 0 saturated heterocycles. The van der Waals surface area contributed by atoms with Crippen LogP contribution in [-0.2, 0) is 6.54 Å². The maximum absolute atomic E-state index is 5.39. The highest BCUT2D eigenvalue weighted by atomic mass is 16.5. The van der Waals surface area contributed by atoms with Crippen molar-refractivity contribution in [3.63, 3.8) is 0 Å². The first kappa shape index (κ1) is 13.0. The summed E-state index contributed by atoms with van der Waals surface area (Å²) in [6.45, 7) is 2.81. The smallest absolute Gasteiger partial charge is 0.121 e. The van der Waals surface area contributed by atoms with Gasteiger partial charge in [0.2, 0.25) is 0 Å². The third kappa shape index (κ3) is 3.29. The van der Waals surface area contributed by atoms with E-state index in [9.17, 15) is 0 Å². The average molecular weight is 251 g/mol. The van der Waals surface area contributed by atoms with Gasteiger partial charge in [-0.25, -0.2) is 0 Å². The molecule has 0 saturated carbocycles. The fourth-order valence-corrected chi connectivity index (χ4v) is 1.97. The van der Waals surface area contributed by atoms with E-state index < -0.39 is 0 Å². The van der Waals surface area contributed by atoms with Crippen LogP contribution in [0.2, 0.25) is 0 Å². The Morgan fingerprint density at radius 3 is 2.74 bits per heavy atom. The van der Waals surface area contributed by atoms with Gasteiger partial charge in [-0.3, -0.25) is 0 Å². The van der Waals surface area contributed by atoms with Crippen molar-refractivity contribution in [1.82, 2.24) is 0 Å². The van der Waals surface area contributed by atoms with Crippen LogP contribution in [0.4, 0.5) is 5.69 Å². The van der Waals surface area contributed by atoms with E-state index >= 15 is 0 Å². The van der Waals surface area contributed by atoms with Crippen LogP contribution >= 0.6 is 0 Å². The summed E-state index contributed by atoms with van der Waals surface area (Å²) in [6, 6.07) is 14.0. The Morgan fingerprint density at radius 2 is 2.05 bits per heavy atom. The lowest BCUT2D eigenvalue weighted by Crippen LogP contribution is -2.00. The molecule has 2 heteroatoms. The van der Waals surface area contributed by atoms with Gasteiger partial charge in [-0.1, -0.05) is 24.1 Å². The van der Waals surface area contributed by atoms with Gasteiger partial charge in [0, 0.05) is 17.8 Å². The van der Waals surface area contributed by atoms with Crippen molar-refractivity contribution in [1.29, 1.82) is 0 Å². The highest BCUT2D eigenvalue weighted by Crippen LogP contribution is 2.19. The van der Waals surface area contributed by atoms with Crippen LogP contribution in [0, 0.1) is 19.3 Å². The molecule has 0 heterocycles. The number of hydrogen-bond acceptors (Lipinski definition) is 2. The van der Waals surface area contributed by atoms with E-state index in [0.29, 0.717) is 0 Å². The normalized spacial score (nSPS) is 9.74. The van der Waals surface area contributed by atoms with Gasteiger partial charge in [-0.15, -0.1) is 6.42 Å². The van der Waals surface area contributed by atoms with Crippen molar-refractivity contribution in [2.75, 3.05) is 12.4 Å². The first-order chi connectivity index (χ1) is 9.22. The number of anilines is 1. The van der Waals surface area contributed by atoms with Gasteiger partial charge >= 0.3 is 0 Å². The minimum Gasteiger partial charge on any atom is -0.496 e. The van der Waals surface area contributed by atoms with Crippen molar-refractivity contribution in [3.05, 3.63) is 59.2 Å². The summed E-state index contributed by atoms with van der Waals surface area (Å²) >= 11 is 0. The lowest BCUT2D eigenvalue weighted by molar-refractivity contribution is 0.411. The number of rotatable bonds is 4. The first-order valence-corrected chi connectivity index (χ1v) is 6.17. The first-order valence-electron chi connectivity index (χ1n) is 6.17. The summed E-state index contributed by atoms with van der Waals surface area (Å²) in [5.41, 5.74) is 4.27. The minimum atomic E-state index is 0.763. The molecule has 0 radical (unpaired) electrons. The van der Waals surface area contributed by atoms with Crippen molar-refractivity contribution >= 4 is 5.69 Å². The molecule has 1 N–H and O–H groups in total. The summed E-state index contributed by atoms with van der Waals surface area (Å²) in [6.07, 6.45) is 5.39. The van der Waals surface area contributed by atoms with Gasteiger partial charge in [0.1, 0.15) is 5.75 Å². The number of ether oxygens (including phenoxy) is 1. The molecule has 19 heavy (non-hydrogen) atoms. The van der Waals surface area contributed by atoms with Gasteiger partial charge in [0.15, 0.2) is 0 Å². The molecule has 0 amide bonds. The molecule has 2 nitrogen and oxygen atoms in total. The molecule has 0 bridgehead atoms. The Labute approximate surface area is 114 Å². The molecular formula is C17H17NO. The number of hydrogen-bond donors (Lipinski definition) is 1. The summed E-state index contributed by atoms with van der Waals surface area (Å²) in [5.74, 6) is 3.55. The predicted octanol–water partition coefficient (Wildman–Crippen LogP) is 3.60. The third-order valence-corrected chi connectivity index (χ3v) is 2.99. The van der Waals surface area contributed by atoms with Crippen LogP contribution in [0.3, 0.4) is 0 Å². The van der Waals surface area contributed by atoms with Crippen molar-refractivity contribution in [3.8, 4) is 18.1 Å². The van der Waals surface area contributed by atoms with E-state index in [2.05, 4.69) is 23.4 Å². The summed E-state index contributed by atoms with van der Waals surface area (Å²) in [4.78, 5) is 0. The molecule has 0 unspecified atom stereocenters. The molecule has 0 aliphatic carbocycles. The van der Waals surface area contributed by atoms with Gasteiger partial charge in [-0.2, -0.15) is 0 Å². The Morgan fingerprint density at radius 1 is 1.21 bits per heavy atom. The monoisotopic (exact) mass is 251 g/mol. The molecule has 0 aliphatic heterocycles. The number of nitrogens with one attached hydrogen (secondary N) is 1. The maximum Gasteiger partial charge on any atom is 0.121 e. The maximum atomic E-state index is 5.39. The van der Waals surface area contributed by atoms with Crippen LogP contribution in [0.15, 0.2) is 42.5 Å². The molecule has 2 aromatic carbocycles. The van der Waals surface area contributed by atoms with Gasteiger partial charge in [-0.05, 0) is 42.3 Å². The number of methoxy groups -OCH3 is 1. The molecular weight excluding hydrogens is 234 g/mol. The Kier molecular flexibility index (Phi) is 4.10. The zero-order valence-electron chi connectivity index (χ0n) is 11.2. The zero-order valence-corrected chi connectivity index (χ0v) is 11.2. The average Bonchev–Trinajstić information content (AvgIpc) is 2.45. The fourth-order valence-electron chi connectivity index (χ4n) is 1.97. The molecule has 0 aliphatic rings. The van der Waals surface area contributed by atoms with Gasteiger partial charge in [0.25, 0.3) is 0 Å². The molecule has 2 aromatic rings. The number of aryl methyl sites for hydroxylation is 1. The van der Waals surface area contributed by atoms with E-state index in [1.165, 1.54) is 5.56 Å². The van der Waals surface area contributed by atoms with E-state index in [1.54, 1.807) is 7.11 Å². The number of benzene rings is 2. The van der Waals surface area contributed by atoms with Crippen molar-refractivity contribution < 1.29 is 4.74 Å². The summed E-state index contributed by atoms with van der Waals surface area (Å²) < 4.78 is 5.25. The second kappa shape index (κ2) is 5.97. The van der Waals surface area contributed by atoms with Crippen LogP contribution in [-0.4, -0.2) is 7.11 Å². The molecule has 0 spiro atoms. The zero-order chi connectivity index (χ0) is 13.7. The lowest BCUT2D eigenvalue weighted by atomic mass is 10.1. The molecule has 2 rings (SSSR count). The molecule has 96 valence electrons. The Balaban J connectivity index is 2.06. The standard InChI is InChI=1S/C17H17NO/c1-4-14-6-5-7-16(11-14)18-12-15-8-9-17(19-3)13(2)10-15/h1,5-11,18H,12H2,2-3H3. The van der Waals surface area contributed by atoms with Crippen LogP contribution in [0.25, 0.3) is 0 Å². The van der Waals surface area contributed by atoms with E-state index in [4.69, 9.17) is 11.2 Å². The quantitative estimate of drug-likeness (QED) is 0.838. The highest BCUT2D eigenvalue weighted by Gasteiger charge is 2.00. The largest absolute Gasteiger partial charge is 0.496 e. The van der Waals surface area contributed by atoms with Gasteiger partial charge in [0.05, 0.1) is 7.11 Å². The molecule has 0 atom stereocenters. The van der Waals surface area contributed by atoms with E-state index in [1.807, 2.05) is 37.3 Å². The Hall–Kier alpha value is -2.40. The van der Waals surface area contributed by atoms with Crippen LogP contribution in [0.5, 0.6) is 5.75 Å². The predicted molar refractivity (Wildman–Crippen MR) is 79.4 cm³/mol. The Bertz CT molecular complexity index is 611. The topological polar surface area (TPSA) is 21.3 Å². The summed E-state index contributed by atoms with van der Waals surface area (Å²) in [5, 5.41) is 3.36. The second-order valence-electron chi connectivity index (χ2n) is 4.38. The van der Waals surface area contributed by atoms with E-state index in [-0.39, 0.29) is 0 Å². The SMILES string of the molecule is C#Cc1cccc(NCc2ccc(OC)c(C)c2)c1. The lowest BCUT2D eigenvalue weighted by Gasteiger charge is -2.10.